The summed E-state index contributed by atoms with van der Waals surface area (Å²) >= 11 is 4.98. The van der Waals surface area contributed by atoms with E-state index in [0.717, 1.165) is 26.6 Å². The molecule has 0 aliphatic heterocycles. The van der Waals surface area contributed by atoms with E-state index in [0.29, 0.717) is 18.2 Å². The Morgan fingerprint density at radius 2 is 1.62 bits per heavy atom. The smallest absolute Gasteiger partial charge is 0.196 e. The first-order chi connectivity index (χ1) is 14.2. The highest BCUT2D eigenvalue weighted by molar-refractivity contribution is 9.10. The van der Waals surface area contributed by atoms with Gasteiger partial charge in [-0.1, -0.05) is 45.9 Å². The molecule has 0 aliphatic rings. The van der Waals surface area contributed by atoms with Crippen LogP contribution in [0.1, 0.15) is 0 Å². The lowest BCUT2D eigenvalue weighted by molar-refractivity contribution is 0.344. The number of thioether (sulfide) groups is 1. The minimum atomic E-state index is -0.279. The lowest BCUT2D eigenvalue weighted by atomic mass is 10.2. The van der Waals surface area contributed by atoms with Gasteiger partial charge in [-0.3, -0.25) is 4.57 Å². The van der Waals surface area contributed by atoms with Crippen LogP contribution in [0.15, 0.2) is 88.5 Å². The summed E-state index contributed by atoms with van der Waals surface area (Å²) in [4.78, 5) is 0. The summed E-state index contributed by atoms with van der Waals surface area (Å²) in [5.74, 6) is 1.93. The molecule has 0 fully saturated rings. The average Bonchev–Trinajstić information content (AvgIpc) is 3.17. The molecule has 0 spiro atoms. The summed E-state index contributed by atoms with van der Waals surface area (Å²) in [6.45, 7) is 0.541. The third kappa shape index (κ3) is 4.86. The van der Waals surface area contributed by atoms with Crippen molar-refractivity contribution in [1.82, 2.24) is 14.8 Å². The van der Waals surface area contributed by atoms with E-state index in [9.17, 15) is 4.39 Å². The van der Waals surface area contributed by atoms with Gasteiger partial charge in [0.25, 0.3) is 0 Å². The summed E-state index contributed by atoms with van der Waals surface area (Å²) in [5, 5.41) is 9.49. The molecule has 1 heterocycles. The van der Waals surface area contributed by atoms with E-state index in [1.54, 1.807) is 23.9 Å². The van der Waals surface area contributed by atoms with Crippen LogP contribution >= 0.6 is 27.7 Å². The maximum absolute atomic E-state index is 13.3. The van der Waals surface area contributed by atoms with Gasteiger partial charge in [-0.25, -0.2) is 4.39 Å². The summed E-state index contributed by atoms with van der Waals surface area (Å²) in [5.41, 5.74) is 1.76. The predicted octanol–water partition coefficient (Wildman–Crippen LogP) is 6.01. The quantitative estimate of drug-likeness (QED) is 0.245. The van der Waals surface area contributed by atoms with Crippen molar-refractivity contribution in [3.63, 3.8) is 0 Å². The molecule has 0 amide bonds. The molecule has 0 N–H and O–H groups in total. The number of rotatable bonds is 7. The van der Waals surface area contributed by atoms with E-state index in [4.69, 9.17) is 4.74 Å². The predicted molar refractivity (Wildman–Crippen MR) is 117 cm³/mol. The number of nitrogens with zero attached hydrogens (tertiary/aromatic N) is 3. The summed E-state index contributed by atoms with van der Waals surface area (Å²) in [6.07, 6.45) is 0. The van der Waals surface area contributed by atoms with Crippen LogP contribution in [0.2, 0.25) is 0 Å². The largest absolute Gasteiger partial charge is 0.493 e. The summed E-state index contributed by atoms with van der Waals surface area (Å²) in [6, 6.07) is 23.9. The van der Waals surface area contributed by atoms with Crippen molar-refractivity contribution >= 4 is 27.7 Å². The molecule has 4 aromatic rings. The molecular weight excluding hydrogens is 453 g/mol. The SMILES string of the molecule is Fc1ccc(-c2nnc(SCCOc3ccc(Br)cc3)n2-c2ccccc2)cc1. The molecule has 0 aliphatic carbocycles. The topological polar surface area (TPSA) is 39.9 Å². The maximum Gasteiger partial charge on any atom is 0.196 e. The molecule has 0 atom stereocenters. The number of benzene rings is 3. The summed E-state index contributed by atoms with van der Waals surface area (Å²) in [7, 11) is 0. The van der Waals surface area contributed by atoms with Gasteiger partial charge in [0, 0.05) is 21.5 Å². The van der Waals surface area contributed by atoms with Gasteiger partial charge in [0.05, 0.1) is 6.61 Å². The van der Waals surface area contributed by atoms with Crippen LogP contribution in [0, 0.1) is 5.82 Å². The minimum Gasteiger partial charge on any atom is -0.493 e. The molecule has 0 bridgehead atoms. The van der Waals surface area contributed by atoms with Crippen molar-refractivity contribution in [2.24, 2.45) is 0 Å². The van der Waals surface area contributed by atoms with Crippen LogP contribution in [-0.4, -0.2) is 27.1 Å². The van der Waals surface area contributed by atoms with E-state index in [2.05, 4.69) is 26.1 Å². The Morgan fingerprint density at radius 1 is 0.897 bits per heavy atom. The fourth-order valence-corrected chi connectivity index (χ4v) is 3.82. The molecule has 7 heteroatoms. The van der Waals surface area contributed by atoms with Crippen molar-refractivity contribution in [2.45, 2.75) is 5.16 Å². The molecule has 146 valence electrons. The van der Waals surface area contributed by atoms with E-state index in [-0.39, 0.29) is 5.82 Å². The van der Waals surface area contributed by atoms with Crippen LogP contribution in [0.4, 0.5) is 4.39 Å². The van der Waals surface area contributed by atoms with E-state index in [1.165, 1.54) is 12.1 Å². The Balaban J connectivity index is 1.53. The zero-order chi connectivity index (χ0) is 20.1. The first-order valence-electron chi connectivity index (χ1n) is 8.99. The van der Waals surface area contributed by atoms with Crippen LogP contribution in [0.5, 0.6) is 5.75 Å². The van der Waals surface area contributed by atoms with Crippen LogP contribution in [0.3, 0.4) is 0 Å². The Kier molecular flexibility index (Phi) is 6.27. The molecule has 0 radical (unpaired) electrons. The fraction of sp³-hybridized carbons (Fsp3) is 0.0909. The van der Waals surface area contributed by atoms with Gasteiger partial charge in [-0.2, -0.15) is 0 Å². The zero-order valence-corrected chi connectivity index (χ0v) is 17.7. The third-order valence-corrected chi connectivity index (χ3v) is 5.57. The van der Waals surface area contributed by atoms with E-state index in [1.807, 2.05) is 59.2 Å². The highest BCUT2D eigenvalue weighted by Crippen LogP contribution is 2.28. The zero-order valence-electron chi connectivity index (χ0n) is 15.3. The van der Waals surface area contributed by atoms with Crippen LogP contribution in [0.25, 0.3) is 17.1 Å². The number of para-hydroxylation sites is 1. The van der Waals surface area contributed by atoms with E-state index >= 15 is 0 Å². The molecule has 0 saturated heterocycles. The second-order valence-electron chi connectivity index (χ2n) is 6.13. The number of hydrogen-bond donors (Lipinski definition) is 0. The lowest BCUT2D eigenvalue weighted by Crippen LogP contribution is -2.03. The standard InChI is InChI=1S/C22H17BrFN3OS/c23-17-8-12-20(13-9-17)28-14-15-29-22-26-25-21(16-6-10-18(24)11-7-16)27(22)19-4-2-1-3-5-19/h1-13H,14-15H2. The van der Waals surface area contributed by atoms with Crippen molar-refractivity contribution in [2.75, 3.05) is 12.4 Å². The van der Waals surface area contributed by atoms with Gasteiger partial charge in [0.15, 0.2) is 11.0 Å². The first-order valence-corrected chi connectivity index (χ1v) is 10.8. The molecule has 1 aromatic heterocycles. The molecule has 29 heavy (non-hydrogen) atoms. The fourth-order valence-electron chi connectivity index (χ4n) is 2.78. The Morgan fingerprint density at radius 3 is 2.34 bits per heavy atom. The van der Waals surface area contributed by atoms with Gasteiger partial charge in [-0.15, -0.1) is 10.2 Å². The number of aromatic nitrogens is 3. The average molecular weight is 470 g/mol. The molecule has 4 rings (SSSR count). The van der Waals surface area contributed by atoms with Gasteiger partial charge in [0.1, 0.15) is 11.6 Å². The highest BCUT2D eigenvalue weighted by Gasteiger charge is 2.16. The molecule has 4 nitrogen and oxygen atoms in total. The van der Waals surface area contributed by atoms with Gasteiger partial charge in [-0.05, 0) is 60.7 Å². The second-order valence-corrected chi connectivity index (χ2v) is 8.11. The number of hydrogen-bond acceptors (Lipinski definition) is 4. The highest BCUT2D eigenvalue weighted by atomic mass is 79.9. The Hall–Kier alpha value is -2.64. The van der Waals surface area contributed by atoms with Gasteiger partial charge < -0.3 is 4.74 Å². The van der Waals surface area contributed by atoms with Crippen LogP contribution in [-0.2, 0) is 0 Å². The monoisotopic (exact) mass is 469 g/mol. The Labute approximate surface area is 180 Å². The molecular formula is C22H17BrFN3OS. The van der Waals surface area contributed by atoms with Gasteiger partial charge in [0.2, 0.25) is 0 Å². The third-order valence-electron chi connectivity index (χ3n) is 4.15. The van der Waals surface area contributed by atoms with Crippen molar-refractivity contribution < 1.29 is 9.13 Å². The number of halogens is 2. The van der Waals surface area contributed by atoms with Crippen molar-refractivity contribution in [3.05, 3.63) is 89.2 Å². The molecule has 0 unspecified atom stereocenters. The maximum atomic E-state index is 13.3. The lowest BCUT2D eigenvalue weighted by Gasteiger charge is -2.11. The normalized spacial score (nSPS) is 10.8. The molecule has 3 aromatic carbocycles. The minimum absolute atomic E-state index is 0.279. The van der Waals surface area contributed by atoms with Crippen LogP contribution < -0.4 is 4.74 Å². The first kappa shape index (κ1) is 19.7. The van der Waals surface area contributed by atoms with E-state index < -0.39 is 0 Å². The van der Waals surface area contributed by atoms with Crippen molar-refractivity contribution in [1.29, 1.82) is 0 Å². The second kappa shape index (κ2) is 9.24. The van der Waals surface area contributed by atoms with Gasteiger partial charge >= 0.3 is 0 Å². The van der Waals surface area contributed by atoms with Crippen molar-refractivity contribution in [3.8, 4) is 22.8 Å². The molecule has 0 saturated carbocycles. The summed E-state index contributed by atoms with van der Waals surface area (Å²) < 4.78 is 22.1. The Bertz CT molecular complexity index is 1070. The number of ether oxygens (including phenoxy) is 1.